The first-order valence-corrected chi connectivity index (χ1v) is 6.05. The fraction of sp³-hybridized carbons (Fsp3) is 0.462. The lowest BCUT2D eigenvalue weighted by Crippen LogP contribution is -2.44. The van der Waals surface area contributed by atoms with Crippen molar-refractivity contribution < 1.29 is 9.18 Å². The van der Waals surface area contributed by atoms with Crippen molar-refractivity contribution in [3.05, 3.63) is 29.6 Å². The largest absolute Gasteiger partial charge is 0.376 e. The molecule has 5 N–H and O–H groups in total. The number of nitrogens with two attached hydrogens (primary N) is 2. The molecule has 0 heterocycles. The molecule has 0 bridgehead atoms. The van der Waals surface area contributed by atoms with Crippen molar-refractivity contribution in [3.8, 4) is 0 Å². The van der Waals surface area contributed by atoms with Gasteiger partial charge in [-0.3, -0.25) is 4.79 Å². The molecule has 1 aromatic rings. The van der Waals surface area contributed by atoms with Crippen LogP contribution in [0.5, 0.6) is 0 Å². The Balaban J connectivity index is 3.01. The molecule has 1 aromatic carbocycles. The maximum Gasteiger partial charge on any atom is 0.248 e. The Morgan fingerprint density at radius 2 is 2.00 bits per heavy atom. The van der Waals surface area contributed by atoms with Crippen LogP contribution in [-0.2, 0) is 0 Å². The molecule has 0 aliphatic carbocycles. The fourth-order valence-electron chi connectivity index (χ4n) is 1.82. The Labute approximate surface area is 107 Å². The van der Waals surface area contributed by atoms with E-state index < -0.39 is 11.7 Å². The zero-order chi connectivity index (χ0) is 13.8. The summed E-state index contributed by atoms with van der Waals surface area (Å²) >= 11 is 0. The minimum Gasteiger partial charge on any atom is -0.376 e. The predicted octanol–water partition coefficient (Wildman–Crippen LogP) is 1.85. The third-order valence-corrected chi connectivity index (χ3v) is 3.40. The van der Waals surface area contributed by atoms with E-state index in [9.17, 15) is 9.18 Å². The highest BCUT2D eigenvalue weighted by Crippen LogP contribution is 2.24. The molecule has 0 spiro atoms. The van der Waals surface area contributed by atoms with Crippen LogP contribution in [0.25, 0.3) is 0 Å². The van der Waals surface area contributed by atoms with E-state index in [-0.39, 0.29) is 11.1 Å². The van der Waals surface area contributed by atoms with Gasteiger partial charge >= 0.3 is 0 Å². The van der Waals surface area contributed by atoms with Gasteiger partial charge in [-0.15, -0.1) is 0 Å². The van der Waals surface area contributed by atoms with Gasteiger partial charge in [-0.1, -0.05) is 13.8 Å². The van der Waals surface area contributed by atoms with E-state index >= 15 is 0 Å². The number of anilines is 1. The van der Waals surface area contributed by atoms with E-state index in [4.69, 9.17) is 11.5 Å². The summed E-state index contributed by atoms with van der Waals surface area (Å²) in [7, 11) is 0. The summed E-state index contributed by atoms with van der Waals surface area (Å²) in [6, 6.07) is 4.16. The highest BCUT2D eigenvalue weighted by molar-refractivity contribution is 5.93. The molecule has 0 unspecified atom stereocenters. The van der Waals surface area contributed by atoms with E-state index in [2.05, 4.69) is 5.32 Å². The van der Waals surface area contributed by atoms with Crippen molar-refractivity contribution in [1.82, 2.24) is 0 Å². The fourth-order valence-corrected chi connectivity index (χ4v) is 1.82. The van der Waals surface area contributed by atoms with Gasteiger partial charge in [0.1, 0.15) is 5.82 Å². The SMILES string of the molecule is CCC(CC)(CN)Nc1ccc(C(N)=O)cc1F. The predicted molar refractivity (Wildman–Crippen MR) is 70.9 cm³/mol. The van der Waals surface area contributed by atoms with Crippen LogP contribution in [0.4, 0.5) is 10.1 Å². The topological polar surface area (TPSA) is 81.1 Å². The van der Waals surface area contributed by atoms with Gasteiger partial charge in [-0.05, 0) is 31.0 Å². The van der Waals surface area contributed by atoms with Crippen LogP contribution in [0.1, 0.15) is 37.0 Å². The molecule has 0 saturated heterocycles. The van der Waals surface area contributed by atoms with Gasteiger partial charge in [0.25, 0.3) is 0 Å². The van der Waals surface area contributed by atoms with Crippen LogP contribution >= 0.6 is 0 Å². The smallest absolute Gasteiger partial charge is 0.248 e. The molecule has 5 heteroatoms. The third-order valence-electron chi connectivity index (χ3n) is 3.40. The van der Waals surface area contributed by atoms with E-state index in [0.717, 1.165) is 18.9 Å². The molecule has 0 saturated carbocycles. The summed E-state index contributed by atoms with van der Waals surface area (Å²) in [6.45, 7) is 4.41. The lowest BCUT2D eigenvalue weighted by Gasteiger charge is -2.32. The Kier molecular flexibility index (Phi) is 4.67. The Hall–Kier alpha value is -1.62. The zero-order valence-electron chi connectivity index (χ0n) is 10.8. The number of rotatable bonds is 6. The highest BCUT2D eigenvalue weighted by atomic mass is 19.1. The average molecular weight is 253 g/mol. The van der Waals surface area contributed by atoms with E-state index in [1.807, 2.05) is 13.8 Å². The molecule has 18 heavy (non-hydrogen) atoms. The maximum atomic E-state index is 13.8. The molecule has 0 aliphatic rings. The van der Waals surface area contributed by atoms with Crippen molar-refractivity contribution in [3.63, 3.8) is 0 Å². The number of hydrogen-bond acceptors (Lipinski definition) is 3. The third kappa shape index (κ3) is 2.98. The number of hydrogen-bond donors (Lipinski definition) is 3. The first-order valence-electron chi connectivity index (χ1n) is 6.05. The van der Waals surface area contributed by atoms with Crippen LogP contribution in [0, 0.1) is 5.82 Å². The summed E-state index contributed by atoms with van der Waals surface area (Å²) in [5, 5.41) is 3.12. The lowest BCUT2D eigenvalue weighted by molar-refractivity contribution is 0.1000. The summed E-state index contributed by atoms with van der Waals surface area (Å²) in [6.07, 6.45) is 1.58. The van der Waals surface area contributed by atoms with E-state index in [0.29, 0.717) is 12.2 Å². The maximum absolute atomic E-state index is 13.8. The van der Waals surface area contributed by atoms with Gasteiger partial charge in [-0.2, -0.15) is 0 Å². The molecule has 1 amide bonds. The van der Waals surface area contributed by atoms with Crippen molar-refractivity contribution in [2.45, 2.75) is 32.2 Å². The molecular formula is C13H20FN3O. The summed E-state index contributed by atoms with van der Waals surface area (Å²) in [4.78, 5) is 10.9. The minimum atomic E-state index is -0.642. The second kappa shape index (κ2) is 5.82. The summed E-state index contributed by atoms with van der Waals surface area (Å²) in [5.41, 5.74) is 11.0. The minimum absolute atomic E-state index is 0.157. The summed E-state index contributed by atoms with van der Waals surface area (Å²) in [5.74, 6) is -1.14. The van der Waals surface area contributed by atoms with Crippen molar-refractivity contribution in [2.24, 2.45) is 11.5 Å². The number of amides is 1. The number of halogens is 1. The van der Waals surface area contributed by atoms with Gasteiger partial charge < -0.3 is 16.8 Å². The van der Waals surface area contributed by atoms with Gasteiger partial charge in [-0.25, -0.2) is 4.39 Å². The molecule has 0 fully saturated rings. The highest BCUT2D eigenvalue weighted by Gasteiger charge is 2.25. The molecule has 4 nitrogen and oxygen atoms in total. The van der Waals surface area contributed by atoms with Crippen LogP contribution < -0.4 is 16.8 Å². The van der Waals surface area contributed by atoms with Crippen LogP contribution in [0.15, 0.2) is 18.2 Å². The molecular weight excluding hydrogens is 233 g/mol. The number of primary amides is 1. The quantitative estimate of drug-likeness (QED) is 0.723. The normalized spacial score (nSPS) is 11.3. The molecule has 0 aliphatic heterocycles. The molecule has 1 rings (SSSR count). The van der Waals surface area contributed by atoms with Gasteiger partial charge in [0.2, 0.25) is 5.91 Å². The Morgan fingerprint density at radius 3 is 2.39 bits per heavy atom. The van der Waals surface area contributed by atoms with Gasteiger partial charge in [0.05, 0.1) is 5.69 Å². The van der Waals surface area contributed by atoms with Gasteiger partial charge in [0, 0.05) is 17.6 Å². The van der Waals surface area contributed by atoms with Crippen LogP contribution in [-0.4, -0.2) is 18.0 Å². The lowest BCUT2D eigenvalue weighted by atomic mass is 9.92. The standard InChI is InChI=1S/C13H20FN3O/c1-3-13(4-2,8-15)17-11-6-5-9(12(16)18)7-10(11)14/h5-7,17H,3-4,8,15H2,1-2H3,(H2,16,18). The molecule has 0 atom stereocenters. The van der Waals surface area contributed by atoms with Crippen LogP contribution in [0.3, 0.4) is 0 Å². The monoisotopic (exact) mass is 253 g/mol. The second-order valence-electron chi connectivity index (χ2n) is 4.38. The Bertz CT molecular complexity index is 422. The van der Waals surface area contributed by atoms with Crippen molar-refractivity contribution >= 4 is 11.6 Å². The molecule has 0 radical (unpaired) electrons. The summed E-state index contributed by atoms with van der Waals surface area (Å²) < 4.78 is 13.8. The average Bonchev–Trinajstić information content (AvgIpc) is 2.38. The van der Waals surface area contributed by atoms with E-state index in [1.54, 1.807) is 0 Å². The Morgan fingerprint density at radius 1 is 1.39 bits per heavy atom. The number of carbonyl (C=O) groups is 1. The van der Waals surface area contributed by atoms with Gasteiger partial charge in [0.15, 0.2) is 0 Å². The first-order chi connectivity index (χ1) is 8.48. The van der Waals surface area contributed by atoms with Crippen LogP contribution in [0.2, 0.25) is 0 Å². The van der Waals surface area contributed by atoms with Crippen molar-refractivity contribution in [1.29, 1.82) is 0 Å². The number of benzene rings is 1. The number of nitrogens with one attached hydrogen (secondary N) is 1. The van der Waals surface area contributed by atoms with E-state index in [1.165, 1.54) is 12.1 Å². The molecule has 100 valence electrons. The molecule has 0 aromatic heterocycles. The number of carbonyl (C=O) groups excluding carboxylic acids is 1. The van der Waals surface area contributed by atoms with Crippen molar-refractivity contribution in [2.75, 3.05) is 11.9 Å². The zero-order valence-corrected chi connectivity index (χ0v) is 10.8. The first kappa shape index (κ1) is 14.4. The second-order valence-corrected chi connectivity index (χ2v) is 4.38.